The van der Waals surface area contributed by atoms with Crippen molar-refractivity contribution in [2.24, 2.45) is 0 Å². The molecule has 1 N–H and O–H groups in total. The first-order chi connectivity index (χ1) is 9.48. The largest absolute Gasteiger partial charge is 0.324 e. The molecule has 108 valence electrons. The predicted molar refractivity (Wildman–Crippen MR) is 78.4 cm³/mol. The molecule has 7 heteroatoms. The summed E-state index contributed by atoms with van der Waals surface area (Å²) in [7, 11) is -3.43. The first-order valence-electron chi connectivity index (χ1n) is 6.60. The topological polar surface area (TPSA) is 66.5 Å². The zero-order valence-electron chi connectivity index (χ0n) is 11.1. The fourth-order valence-corrected chi connectivity index (χ4v) is 4.90. The lowest BCUT2D eigenvalue weighted by Crippen LogP contribution is -2.29. The van der Waals surface area contributed by atoms with E-state index < -0.39 is 10.0 Å². The SMILES string of the molecule is C[C@H]1Sc2ccc(S(=O)(=O)N3CCCC3)cc2NC1=O. The van der Waals surface area contributed by atoms with E-state index in [1.807, 2.05) is 6.92 Å². The summed E-state index contributed by atoms with van der Waals surface area (Å²) in [6.45, 7) is 2.99. The molecule has 0 aromatic heterocycles. The standard InChI is InChI=1S/C13H16N2O3S2/c1-9-13(16)14-11-8-10(4-5-12(11)19-9)20(17,18)15-6-2-3-7-15/h4-5,8-9H,2-3,6-7H2,1H3,(H,14,16)/t9-/m1/s1. The first-order valence-corrected chi connectivity index (χ1v) is 8.92. The van der Waals surface area contributed by atoms with Crippen molar-refractivity contribution in [3.8, 4) is 0 Å². The Hall–Kier alpha value is -1.05. The predicted octanol–water partition coefficient (Wildman–Crippen LogP) is 1.90. The van der Waals surface area contributed by atoms with Gasteiger partial charge in [-0.15, -0.1) is 11.8 Å². The van der Waals surface area contributed by atoms with Crippen LogP contribution in [0.3, 0.4) is 0 Å². The van der Waals surface area contributed by atoms with Crippen LogP contribution in [0.1, 0.15) is 19.8 Å². The Morgan fingerprint density at radius 2 is 2.00 bits per heavy atom. The van der Waals surface area contributed by atoms with Crippen LogP contribution >= 0.6 is 11.8 Å². The fraction of sp³-hybridized carbons (Fsp3) is 0.462. The number of rotatable bonds is 2. The van der Waals surface area contributed by atoms with Gasteiger partial charge in [-0.2, -0.15) is 4.31 Å². The lowest BCUT2D eigenvalue weighted by molar-refractivity contribution is -0.115. The van der Waals surface area contributed by atoms with E-state index in [0.29, 0.717) is 18.8 Å². The van der Waals surface area contributed by atoms with Crippen LogP contribution in [0.4, 0.5) is 5.69 Å². The van der Waals surface area contributed by atoms with Crippen molar-refractivity contribution in [2.75, 3.05) is 18.4 Å². The Bertz CT molecular complexity index is 652. The minimum atomic E-state index is -3.43. The second-order valence-electron chi connectivity index (χ2n) is 5.02. The van der Waals surface area contributed by atoms with Crippen molar-refractivity contribution < 1.29 is 13.2 Å². The van der Waals surface area contributed by atoms with Crippen LogP contribution in [-0.2, 0) is 14.8 Å². The molecule has 2 aliphatic rings. The van der Waals surface area contributed by atoms with Crippen molar-refractivity contribution in [1.29, 1.82) is 0 Å². The third kappa shape index (κ3) is 2.34. The highest BCUT2D eigenvalue weighted by molar-refractivity contribution is 8.01. The van der Waals surface area contributed by atoms with Gasteiger partial charge in [-0.05, 0) is 38.0 Å². The van der Waals surface area contributed by atoms with Crippen LogP contribution in [0, 0.1) is 0 Å². The van der Waals surface area contributed by atoms with Crippen LogP contribution in [0.5, 0.6) is 0 Å². The number of hydrogen-bond donors (Lipinski definition) is 1. The summed E-state index contributed by atoms with van der Waals surface area (Å²) in [5.74, 6) is -0.0850. The fourth-order valence-electron chi connectivity index (χ4n) is 2.43. The van der Waals surface area contributed by atoms with Crippen LogP contribution in [0.25, 0.3) is 0 Å². The average molecular weight is 312 g/mol. The third-order valence-electron chi connectivity index (χ3n) is 3.58. The van der Waals surface area contributed by atoms with Gasteiger partial charge in [-0.1, -0.05) is 0 Å². The summed E-state index contributed by atoms with van der Waals surface area (Å²) in [5, 5.41) is 2.62. The summed E-state index contributed by atoms with van der Waals surface area (Å²) in [5.41, 5.74) is 0.596. The molecule has 1 amide bonds. The molecule has 0 bridgehead atoms. The molecule has 0 radical (unpaired) electrons. The van der Waals surface area contributed by atoms with Crippen molar-refractivity contribution >= 4 is 33.4 Å². The van der Waals surface area contributed by atoms with Gasteiger partial charge in [-0.25, -0.2) is 8.42 Å². The van der Waals surface area contributed by atoms with Gasteiger partial charge in [0.15, 0.2) is 0 Å². The number of anilines is 1. The summed E-state index contributed by atoms with van der Waals surface area (Å²) in [6.07, 6.45) is 1.82. The van der Waals surface area contributed by atoms with Crippen LogP contribution in [0.15, 0.2) is 28.0 Å². The number of carbonyl (C=O) groups excluding carboxylic acids is 1. The van der Waals surface area contributed by atoms with Crippen molar-refractivity contribution in [1.82, 2.24) is 4.31 Å². The Morgan fingerprint density at radius 3 is 2.70 bits per heavy atom. The molecule has 1 atom stereocenters. The molecule has 5 nitrogen and oxygen atoms in total. The van der Waals surface area contributed by atoms with Gasteiger partial charge < -0.3 is 5.32 Å². The number of thioether (sulfide) groups is 1. The number of nitrogens with one attached hydrogen (secondary N) is 1. The molecule has 2 heterocycles. The van der Waals surface area contributed by atoms with Crippen molar-refractivity contribution in [3.05, 3.63) is 18.2 Å². The minimum absolute atomic E-state index is 0.0850. The quantitative estimate of drug-likeness (QED) is 0.906. The molecule has 1 aromatic rings. The highest BCUT2D eigenvalue weighted by atomic mass is 32.2. The van der Waals surface area contributed by atoms with Gasteiger partial charge in [-0.3, -0.25) is 4.79 Å². The Morgan fingerprint density at radius 1 is 1.30 bits per heavy atom. The smallest absolute Gasteiger partial charge is 0.243 e. The molecule has 0 aliphatic carbocycles. The van der Waals surface area contributed by atoms with E-state index in [0.717, 1.165) is 17.7 Å². The normalized spacial score (nSPS) is 23.4. The number of carbonyl (C=O) groups is 1. The van der Waals surface area contributed by atoms with E-state index in [-0.39, 0.29) is 16.1 Å². The van der Waals surface area contributed by atoms with E-state index in [4.69, 9.17) is 0 Å². The van der Waals surface area contributed by atoms with Gasteiger partial charge in [0.25, 0.3) is 0 Å². The molecule has 3 rings (SSSR count). The monoisotopic (exact) mass is 312 g/mol. The molecule has 0 unspecified atom stereocenters. The number of amides is 1. The highest BCUT2D eigenvalue weighted by Gasteiger charge is 2.29. The molecule has 1 saturated heterocycles. The number of benzene rings is 1. The van der Waals surface area contributed by atoms with Crippen molar-refractivity contribution in [2.45, 2.75) is 34.8 Å². The Balaban J connectivity index is 1.96. The van der Waals surface area contributed by atoms with E-state index >= 15 is 0 Å². The zero-order chi connectivity index (χ0) is 14.3. The van der Waals surface area contributed by atoms with Crippen molar-refractivity contribution in [3.63, 3.8) is 0 Å². The number of nitrogens with zero attached hydrogens (tertiary/aromatic N) is 1. The van der Waals surface area contributed by atoms with Gasteiger partial charge >= 0.3 is 0 Å². The minimum Gasteiger partial charge on any atom is -0.324 e. The lowest BCUT2D eigenvalue weighted by Gasteiger charge is -2.23. The summed E-state index contributed by atoms with van der Waals surface area (Å²) < 4.78 is 26.5. The van der Waals surface area contributed by atoms with E-state index in [9.17, 15) is 13.2 Å². The molecule has 1 aromatic carbocycles. The average Bonchev–Trinajstić information content (AvgIpc) is 2.94. The first kappa shape index (κ1) is 13.9. The molecule has 0 spiro atoms. The second-order valence-corrected chi connectivity index (χ2v) is 8.34. The number of hydrogen-bond acceptors (Lipinski definition) is 4. The molecular weight excluding hydrogens is 296 g/mol. The van der Waals surface area contributed by atoms with Crippen LogP contribution in [-0.4, -0.2) is 37.0 Å². The van der Waals surface area contributed by atoms with E-state index in [1.54, 1.807) is 18.2 Å². The van der Waals surface area contributed by atoms with Gasteiger partial charge in [0.1, 0.15) is 0 Å². The second kappa shape index (κ2) is 5.05. The Labute approximate surface area is 122 Å². The van der Waals surface area contributed by atoms with E-state index in [1.165, 1.54) is 16.1 Å². The van der Waals surface area contributed by atoms with E-state index in [2.05, 4.69) is 5.32 Å². The summed E-state index contributed by atoms with van der Waals surface area (Å²) in [6, 6.07) is 4.97. The van der Waals surface area contributed by atoms with Crippen LogP contribution < -0.4 is 5.32 Å². The molecule has 2 aliphatic heterocycles. The maximum Gasteiger partial charge on any atom is 0.243 e. The molecule has 1 fully saturated rings. The maximum absolute atomic E-state index is 12.5. The maximum atomic E-state index is 12.5. The molecule has 0 saturated carbocycles. The van der Waals surface area contributed by atoms with Gasteiger partial charge in [0.05, 0.1) is 15.8 Å². The zero-order valence-corrected chi connectivity index (χ0v) is 12.8. The lowest BCUT2D eigenvalue weighted by atomic mass is 10.3. The van der Waals surface area contributed by atoms with Crippen LogP contribution in [0.2, 0.25) is 0 Å². The third-order valence-corrected chi connectivity index (χ3v) is 6.66. The summed E-state index contributed by atoms with van der Waals surface area (Å²) >= 11 is 1.45. The summed E-state index contributed by atoms with van der Waals surface area (Å²) in [4.78, 5) is 12.9. The molecular formula is C13H16N2O3S2. The number of fused-ring (bicyclic) bond motifs is 1. The van der Waals surface area contributed by atoms with Gasteiger partial charge in [0, 0.05) is 18.0 Å². The number of sulfonamides is 1. The molecule has 20 heavy (non-hydrogen) atoms. The Kier molecular flexibility index (Phi) is 3.51. The van der Waals surface area contributed by atoms with Gasteiger partial charge in [0.2, 0.25) is 15.9 Å². The highest BCUT2D eigenvalue weighted by Crippen LogP contribution is 2.37.